The Morgan fingerprint density at radius 2 is 2.00 bits per heavy atom. The molecule has 0 spiro atoms. The number of aryl methyl sites for hydroxylation is 2. The molecule has 2 unspecified atom stereocenters. The summed E-state index contributed by atoms with van der Waals surface area (Å²) < 4.78 is 27.7. The number of nitrogens with one attached hydrogen (secondary N) is 1. The molecule has 166 valence electrons. The van der Waals surface area contributed by atoms with Gasteiger partial charge in [0.15, 0.2) is 22.2 Å². The van der Waals surface area contributed by atoms with E-state index in [0.29, 0.717) is 23.9 Å². The first-order valence-electron chi connectivity index (χ1n) is 9.62. The molecule has 0 aliphatic carbocycles. The Kier molecular flexibility index (Phi) is 6.80. The predicted molar refractivity (Wildman–Crippen MR) is 120 cm³/mol. The molecule has 4 rings (SSSR count). The standard InChI is InChI=1S/C21H18Cl2FN5O2S/c1-11-6-7-13(16(23)8-11)9-14-10-31-29-20(26-14)19-21(28-27-12(2)25-19)32(30)17-5-3-4-15(22)18(17)24/h3-8,14H,9-10H2,1-2H3,(H,26,29). The van der Waals surface area contributed by atoms with Crippen LogP contribution in [0.3, 0.4) is 0 Å². The highest BCUT2D eigenvalue weighted by Gasteiger charge is 2.32. The maximum Gasteiger partial charge on any atom is 0.299 e. The van der Waals surface area contributed by atoms with Gasteiger partial charge in [-0.15, -0.1) is 5.10 Å². The van der Waals surface area contributed by atoms with Crippen LogP contribution in [0.4, 0.5) is 4.39 Å². The monoisotopic (exact) mass is 493 g/mol. The number of halogens is 3. The smallest absolute Gasteiger partial charge is 0.299 e. The SMILES string of the molecule is Cc1ccc(CC2CON=C(c3nc(C)nnc3[S+]([O-])c3cccc(Cl)c3F)N2)c(Cl)c1. The first-order chi connectivity index (χ1) is 15.3. The second-order valence-corrected chi connectivity index (χ2v) is 9.39. The van der Waals surface area contributed by atoms with Crippen molar-refractivity contribution in [2.24, 2.45) is 5.16 Å². The van der Waals surface area contributed by atoms with Crippen molar-refractivity contribution in [1.82, 2.24) is 20.5 Å². The van der Waals surface area contributed by atoms with Gasteiger partial charge in [0.05, 0.1) is 22.2 Å². The van der Waals surface area contributed by atoms with Crippen molar-refractivity contribution in [1.29, 1.82) is 0 Å². The fourth-order valence-corrected chi connectivity index (χ4v) is 4.82. The van der Waals surface area contributed by atoms with E-state index in [4.69, 9.17) is 28.0 Å². The van der Waals surface area contributed by atoms with Gasteiger partial charge in [0.1, 0.15) is 12.4 Å². The molecule has 2 aromatic carbocycles. The predicted octanol–water partition coefficient (Wildman–Crippen LogP) is 3.99. The molecule has 2 heterocycles. The minimum absolute atomic E-state index is 0.0550. The molecular weight excluding hydrogens is 476 g/mol. The molecule has 0 bridgehead atoms. The molecule has 11 heteroatoms. The van der Waals surface area contributed by atoms with Gasteiger partial charge in [0.25, 0.3) is 5.03 Å². The molecule has 0 saturated carbocycles. The number of amidine groups is 1. The summed E-state index contributed by atoms with van der Waals surface area (Å²) >= 11 is 10.2. The van der Waals surface area contributed by atoms with Crippen LogP contribution in [0, 0.1) is 19.7 Å². The number of nitrogens with zero attached hydrogens (tertiary/aromatic N) is 4. The van der Waals surface area contributed by atoms with Crippen LogP contribution in [0.1, 0.15) is 22.6 Å². The van der Waals surface area contributed by atoms with Crippen molar-refractivity contribution in [2.75, 3.05) is 6.61 Å². The van der Waals surface area contributed by atoms with Crippen LogP contribution in [-0.2, 0) is 22.4 Å². The Hall–Kier alpha value is -2.46. The first-order valence-corrected chi connectivity index (χ1v) is 11.5. The van der Waals surface area contributed by atoms with E-state index in [1.807, 2.05) is 25.1 Å². The number of hydrogen-bond acceptors (Lipinski definition) is 7. The fraction of sp³-hybridized carbons (Fsp3) is 0.238. The normalized spacial score (nSPS) is 16.7. The molecule has 1 aliphatic rings. The Morgan fingerprint density at radius 3 is 2.78 bits per heavy atom. The van der Waals surface area contributed by atoms with E-state index in [0.717, 1.165) is 11.1 Å². The van der Waals surface area contributed by atoms with Crippen LogP contribution < -0.4 is 5.32 Å². The van der Waals surface area contributed by atoms with Crippen molar-refractivity contribution in [3.8, 4) is 0 Å². The van der Waals surface area contributed by atoms with E-state index in [-0.39, 0.29) is 32.5 Å². The zero-order valence-corrected chi connectivity index (χ0v) is 19.4. The molecule has 1 N–H and O–H groups in total. The van der Waals surface area contributed by atoms with Crippen LogP contribution in [0.5, 0.6) is 0 Å². The Labute approximate surface area is 197 Å². The summed E-state index contributed by atoms with van der Waals surface area (Å²) in [5, 5.41) is 15.6. The quantitative estimate of drug-likeness (QED) is 0.539. The lowest BCUT2D eigenvalue weighted by Crippen LogP contribution is -2.44. The number of aromatic nitrogens is 3. The molecule has 2 atom stereocenters. The third-order valence-corrected chi connectivity index (χ3v) is 6.71. The lowest BCUT2D eigenvalue weighted by molar-refractivity contribution is 0.109. The minimum atomic E-state index is -2.04. The van der Waals surface area contributed by atoms with Gasteiger partial charge in [-0.1, -0.05) is 51.7 Å². The van der Waals surface area contributed by atoms with E-state index < -0.39 is 17.0 Å². The molecule has 1 aromatic heterocycles. The van der Waals surface area contributed by atoms with Gasteiger partial charge >= 0.3 is 0 Å². The second-order valence-electron chi connectivity index (χ2n) is 7.21. The van der Waals surface area contributed by atoms with Gasteiger partial charge in [-0.2, -0.15) is 4.39 Å². The molecule has 0 fully saturated rings. The van der Waals surface area contributed by atoms with Gasteiger partial charge in [-0.25, -0.2) is 4.98 Å². The zero-order valence-electron chi connectivity index (χ0n) is 17.1. The second kappa shape index (κ2) is 9.58. The highest BCUT2D eigenvalue weighted by atomic mass is 35.5. The van der Waals surface area contributed by atoms with Crippen molar-refractivity contribution in [3.63, 3.8) is 0 Å². The topological polar surface area (TPSA) is 95.4 Å². The van der Waals surface area contributed by atoms with Crippen molar-refractivity contribution >= 4 is 40.2 Å². The van der Waals surface area contributed by atoms with E-state index >= 15 is 0 Å². The van der Waals surface area contributed by atoms with Crippen LogP contribution in [0.25, 0.3) is 0 Å². The van der Waals surface area contributed by atoms with Crippen molar-refractivity contribution in [2.45, 2.75) is 36.2 Å². The summed E-state index contributed by atoms with van der Waals surface area (Å²) in [5.74, 6) is -0.226. The molecular formula is C21H18Cl2FN5O2S. The molecule has 3 aromatic rings. The van der Waals surface area contributed by atoms with E-state index in [1.54, 1.807) is 6.92 Å². The van der Waals surface area contributed by atoms with E-state index in [1.165, 1.54) is 18.2 Å². The maximum atomic E-state index is 14.5. The lowest BCUT2D eigenvalue weighted by Gasteiger charge is -2.24. The summed E-state index contributed by atoms with van der Waals surface area (Å²) in [6, 6.07) is 9.92. The Morgan fingerprint density at radius 1 is 1.19 bits per heavy atom. The molecule has 7 nitrogen and oxygen atoms in total. The average molecular weight is 494 g/mol. The van der Waals surface area contributed by atoms with Crippen molar-refractivity contribution in [3.05, 3.63) is 74.9 Å². The van der Waals surface area contributed by atoms with Gasteiger partial charge in [-0.3, -0.25) is 0 Å². The molecule has 0 amide bonds. The molecule has 0 radical (unpaired) electrons. The molecule has 32 heavy (non-hydrogen) atoms. The van der Waals surface area contributed by atoms with Gasteiger partial charge in [0, 0.05) is 5.02 Å². The van der Waals surface area contributed by atoms with E-state index in [9.17, 15) is 8.94 Å². The van der Waals surface area contributed by atoms with Crippen LogP contribution in [0.2, 0.25) is 10.0 Å². The number of benzene rings is 2. The summed E-state index contributed by atoms with van der Waals surface area (Å²) in [6.45, 7) is 3.90. The van der Waals surface area contributed by atoms with E-state index in [2.05, 4.69) is 25.7 Å². The summed E-state index contributed by atoms with van der Waals surface area (Å²) in [7, 11) is 0. The highest BCUT2D eigenvalue weighted by molar-refractivity contribution is 7.91. The molecule has 0 saturated heterocycles. The largest absolute Gasteiger partial charge is 0.605 e. The third kappa shape index (κ3) is 4.80. The zero-order chi connectivity index (χ0) is 22.8. The Balaban J connectivity index is 1.64. The average Bonchev–Trinajstić information content (AvgIpc) is 2.77. The molecule has 1 aliphatic heterocycles. The van der Waals surface area contributed by atoms with Gasteiger partial charge < -0.3 is 14.7 Å². The lowest BCUT2D eigenvalue weighted by atomic mass is 10.0. The highest BCUT2D eigenvalue weighted by Crippen LogP contribution is 2.28. The van der Waals surface area contributed by atoms with Crippen LogP contribution >= 0.6 is 23.2 Å². The Bertz CT molecular complexity index is 1200. The number of rotatable bonds is 5. The maximum absolute atomic E-state index is 14.5. The van der Waals surface area contributed by atoms with Gasteiger partial charge in [-0.05, 0) is 49.6 Å². The first kappa shape index (κ1) is 22.7. The summed E-state index contributed by atoms with van der Waals surface area (Å²) in [6.07, 6.45) is 0.566. The number of hydrogen-bond donors (Lipinski definition) is 1. The fourth-order valence-electron chi connectivity index (χ4n) is 3.17. The third-order valence-electron chi connectivity index (χ3n) is 4.72. The number of oxime groups is 1. The van der Waals surface area contributed by atoms with Crippen LogP contribution in [-0.4, -0.2) is 38.2 Å². The minimum Gasteiger partial charge on any atom is -0.605 e. The van der Waals surface area contributed by atoms with Crippen molar-refractivity contribution < 1.29 is 13.8 Å². The van der Waals surface area contributed by atoms with Crippen LogP contribution in [0.15, 0.2) is 51.5 Å². The summed E-state index contributed by atoms with van der Waals surface area (Å²) in [5.41, 5.74) is 2.17. The van der Waals surface area contributed by atoms with Gasteiger partial charge in [0.2, 0.25) is 0 Å². The summed E-state index contributed by atoms with van der Waals surface area (Å²) in [4.78, 5) is 9.63.